The molecule has 1 saturated heterocycles. The number of methoxy groups -OCH3 is 1. The van der Waals surface area contributed by atoms with Gasteiger partial charge in [-0.15, -0.1) is 0 Å². The SMILES string of the molecule is COCCNC(=O)CN1CCN(c2ncnc3c2c(Br)nn3C)CC1. The van der Waals surface area contributed by atoms with Crippen LogP contribution in [0, 0.1) is 0 Å². The standard InChI is InChI=1S/C15H22BrN7O2/c1-21-14-12(13(16)20-21)15(19-10-18-14)23-6-4-22(5-7-23)9-11(24)17-3-8-25-2/h10H,3-9H2,1-2H3,(H,17,24). The van der Waals surface area contributed by atoms with Crippen molar-refractivity contribution in [3.63, 3.8) is 0 Å². The largest absolute Gasteiger partial charge is 0.383 e. The van der Waals surface area contributed by atoms with Crippen LogP contribution < -0.4 is 10.2 Å². The third-order valence-corrected chi connectivity index (χ3v) is 4.78. The molecule has 1 N–H and O–H groups in total. The molecule has 3 rings (SSSR count). The number of halogens is 1. The Bertz CT molecular complexity index is 743. The molecule has 1 aliphatic heterocycles. The number of fused-ring (bicyclic) bond motifs is 1. The van der Waals surface area contributed by atoms with E-state index < -0.39 is 0 Å². The minimum Gasteiger partial charge on any atom is -0.383 e. The van der Waals surface area contributed by atoms with Crippen LogP contribution in [0.3, 0.4) is 0 Å². The quantitative estimate of drug-likeness (QED) is 0.669. The molecule has 1 aliphatic rings. The molecule has 3 heterocycles. The fraction of sp³-hybridized carbons (Fsp3) is 0.600. The van der Waals surface area contributed by atoms with Crippen LogP contribution in [0.25, 0.3) is 11.0 Å². The number of carbonyl (C=O) groups excluding carboxylic acids is 1. The number of nitrogens with zero attached hydrogens (tertiary/aromatic N) is 6. The second-order valence-corrected chi connectivity index (χ2v) is 6.67. The van der Waals surface area contributed by atoms with Gasteiger partial charge in [0.1, 0.15) is 16.7 Å². The van der Waals surface area contributed by atoms with Crippen LogP contribution in [0.4, 0.5) is 5.82 Å². The molecule has 0 atom stereocenters. The lowest BCUT2D eigenvalue weighted by Gasteiger charge is -2.35. The van der Waals surface area contributed by atoms with Crippen LogP contribution in [0.2, 0.25) is 0 Å². The smallest absolute Gasteiger partial charge is 0.234 e. The lowest BCUT2D eigenvalue weighted by Crippen LogP contribution is -2.50. The number of aryl methyl sites for hydroxylation is 1. The molecule has 0 aliphatic carbocycles. The molecule has 2 aromatic rings. The molecular formula is C15H22BrN7O2. The topological polar surface area (TPSA) is 88.4 Å². The number of piperazine rings is 1. The molecule has 2 aromatic heterocycles. The normalized spacial score (nSPS) is 15.7. The van der Waals surface area contributed by atoms with Crippen LogP contribution in [0.1, 0.15) is 0 Å². The number of nitrogens with one attached hydrogen (secondary N) is 1. The summed E-state index contributed by atoms with van der Waals surface area (Å²) in [5, 5.41) is 8.14. The summed E-state index contributed by atoms with van der Waals surface area (Å²) in [6.07, 6.45) is 1.57. The third kappa shape index (κ3) is 4.07. The molecule has 0 spiro atoms. The van der Waals surface area contributed by atoms with Crippen LogP contribution in [0.5, 0.6) is 0 Å². The van der Waals surface area contributed by atoms with Crippen LogP contribution in [-0.2, 0) is 16.6 Å². The maximum Gasteiger partial charge on any atom is 0.234 e. The summed E-state index contributed by atoms with van der Waals surface area (Å²) in [6.45, 7) is 4.71. The lowest BCUT2D eigenvalue weighted by atomic mass is 10.2. The molecule has 9 nitrogen and oxygen atoms in total. The van der Waals surface area contributed by atoms with E-state index in [2.05, 4.69) is 46.1 Å². The molecule has 10 heteroatoms. The Hall–Kier alpha value is -1.78. The van der Waals surface area contributed by atoms with E-state index in [0.717, 1.165) is 47.6 Å². The molecule has 0 radical (unpaired) electrons. The van der Waals surface area contributed by atoms with E-state index in [4.69, 9.17) is 4.74 Å². The summed E-state index contributed by atoms with van der Waals surface area (Å²) in [5.74, 6) is 0.916. The van der Waals surface area contributed by atoms with Crippen LogP contribution >= 0.6 is 15.9 Å². The fourth-order valence-corrected chi connectivity index (χ4v) is 3.53. The van der Waals surface area contributed by atoms with Crippen LogP contribution in [0.15, 0.2) is 10.9 Å². The van der Waals surface area contributed by atoms with E-state index in [-0.39, 0.29) is 5.91 Å². The average molecular weight is 412 g/mol. The summed E-state index contributed by atoms with van der Waals surface area (Å²) in [7, 11) is 3.49. The van der Waals surface area contributed by atoms with Crippen molar-refractivity contribution in [2.75, 3.05) is 57.9 Å². The number of carbonyl (C=O) groups is 1. The molecule has 0 bridgehead atoms. The van der Waals surface area contributed by atoms with E-state index in [1.54, 1.807) is 18.1 Å². The fourth-order valence-electron chi connectivity index (χ4n) is 2.94. The van der Waals surface area contributed by atoms with Gasteiger partial charge in [-0.2, -0.15) is 5.10 Å². The van der Waals surface area contributed by atoms with Gasteiger partial charge in [-0.05, 0) is 15.9 Å². The molecule has 0 saturated carbocycles. The molecule has 1 fully saturated rings. The van der Waals surface area contributed by atoms with Crippen molar-refractivity contribution < 1.29 is 9.53 Å². The summed E-state index contributed by atoms with van der Waals surface area (Å²) >= 11 is 3.50. The van der Waals surface area contributed by atoms with Gasteiger partial charge in [-0.25, -0.2) is 14.6 Å². The van der Waals surface area contributed by atoms with Gasteiger partial charge < -0.3 is 15.0 Å². The Labute approximate surface area is 154 Å². The van der Waals surface area contributed by atoms with Crippen molar-refractivity contribution in [2.45, 2.75) is 0 Å². The highest BCUT2D eigenvalue weighted by Crippen LogP contribution is 2.29. The highest BCUT2D eigenvalue weighted by Gasteiger charge is 2.23. The van der Waals surface area contributed by atoms with E-state index in [1.807, 2.05) is 7.05 Å². The zero-order valence-corrected chi connectivity index (χ0v) is 16.0. The summed E-state index contributed by atoms with van der Waals surface area (Å²) < 4.78 is 7.43. The molecule has 25 heavy (non-hydrogen) atoms. The van der Waals surface area contributed by atoms with Gasteiger partial charge in [-0.1, -0.05) is 0 Å². The van der Waals surface area contributed by atoms with Gasteiger partial charge in [0.2, 0.25) is 5.91 Å². The second kappa shape index (κ2) is 8.07. The van der Waals surface area contributed by atoms with Gasteiger partial charge >= 0.3 is 0 Å². The first-order valence-corrected chi connectivity index (χ1v) is 8.95. The minimum atomic E-state index is 0.0323. The predicted molar refractivity (Wildman–Crippen MR) is 97.5 cm³/mol. The number of aromatic nitrogens is 4. The Balaban J connectivity index is 1.61. The van der Waals surface area contributed by atoms with Gasteiger partial charge in [0.05, 0.1) is 18.5 Å². The first-order chi connectivity index (χ1) is 12.1. The monoisotopic (exact) mass is 411 g/mol. The number of hydrogen-bond acceptors (Lipinski definition) is 7. The van der Waals surface area contributed by atoms with Gasteiger partial charge in [0.25, 0.3) is 0 Å². The van der Waals surface area contributed by atoms with E-state index in [0.29, 0.717) is 19.7 Å². The number of rotatable bonds is 6. The van der Waals surface area contributed by atoms with Gasteiger partial charge in [-0.3, -0.25) is 9.69 Å². The van der Waals surface area contributed by atoms with Crippen molar-refractivity contribution in [1.82, 2.24) is 30.0 Å². The highest BCUT2D eigenvalue weighted by atomic mass is 79.9. The second-order valence-electron chi connectivity index (χ2n) is 5.92. The van der Waals surface area contributed by atoms with Crippen LogP contribution in [-0.4, -0.2) is 83.5 Å². The Morgan fingerprint density at radius 2 is 2.08 bits per heavy atom. The summed E-state index contributed by atoms with van der Waals surface area (Å²) in [5.41, 5.74) is 0.803. The predicted octanol–water partition coefficient (Wildman–Crippen LogP) is 0.0104. The zero-order valence-electron chi connectivity index (χ0n) is 14.4. The number of amides is 1. The minimum absolute atomic E-state index is 0.0323. The van der Waals surface area contributed by atoms with Crippen molar-refractivity contribution in [3.05, 3.63) is 10.9 Å². The summed E-state index contributed by atoms with van der Waals surface area (Å²) in [4.78, 5) is 25.0. The first kappa shape index (κ1) is 18.0. The average Bonchev–Trinajstić information content (AvgIpc) is 2.90. The van der Waals surface area contributed by atoms with Crippen molar-refractivity contribution in [1.29, 1.82) is 0 Å². The molecule has 1 amide bonds. The number of anilines is 1. The zero-order chi connectivity index (χ0) is 17.8. The van der Waals surface area contributed by atoms with E-state index in [9.17, 15) is 4.79 Å². The van der Waals surface area contributed by atoms with E-state index >= 15 is 0 Å². The van der Waals surface area contributed by atoms with Crippen molar-refractivity contribution in [3.8, 4) is 0 Å². The summed E-state index contributed by atoms with van der Waals surface area (Å²) in [6, 6.07) is 0. The highest BCUT2D eigenvalue weighted by molar-refractivity contribution is 9.10. The van der Waals surface area contributed by atoms with Crippen molar-refractivity contribution >= 4 is 38.7 Å². The number of ether oxygens (including phenoxy) is 1. The van der Waals surface area contributed by atoms with Gasteiger partial charge in [0.15, 0.2) is 5.65 Å². The Morgan fingerprint density at radius 1 is 1.32 bits per heavy atom. The lowest BCUT2D eigenvalue weighted by molar-refractivity contribution is -0.122. The molecule has 0 unspecified atom stereocenters. The Morgan fingerprint density at radius 3 is 2.80 bits per heavy atom. The molecular weight excluding hydrogens is 390 g/mol. The maximum atomic E-state index is 11.9. The maximum absolute atomic E-state index is 11.9. The molecule has 0 aromatic carbocycles. The number of hydrogen-bond donors (Lipinski definition) is 1. The first-order valence-electron chi connectivity index (χ1n) is 8.16. The Kier molecular flexibility index (Phi) is 5.82. The van der Waals surface area contributed by atoms with E-state index in [1.165, 1.54) is 0 Å². The molecule has 136 valence electrons. The van der Waals surface area contributed by atoms with Crippen molar-refractivity contribution in [2.24, 2.45) is 7.05 Å². The van der Waals surface area contributed by atoms with Gasteiger partial charge in [0, 0.05) is 46.9 Å². The third-order valence-electron chi connectivity index (χ3n) is 4.23.